The first-order valence-electron chi connectivity index (χ1n) is 5.84. The van der Waals surface area contributed by atoms with Crippen LogP contribution in [0.1, 0.15) is 37.3 Å². The molecule has 1 aliphatic carbocycles. The summed E-state index contributed by atoms with van der Waals surface area (Å²) in [4.78, 5) is 0. The van der Waals surface area contributed by atoms with Crippen LogP contribution in [0.3, 0.4) is 0 Å². The molecule has 1 nitrogen and oxygen atoms in total. The van der Waals surface area contributed by atoms with Crippen LogP contribution in [0, 0.1) is 11.7 Å². The smallest absolute Gasteiger partial charge is 0.137 e. The molecule has 1 fully saturated rings. The Kier molecular flexibility index (Phi) is 3.98. The number of nitrogens with one attached hydrogen (secondary N) is 1. The van der Waals surface area contributed by atoms with Gasteiger partial charge in [-0.15, -0.1) is 0 Å². The molecule has 16 heavy (non-hydrogen) atoms. The summed E-state index contributed by atoms with van der Waals surface area (Å²) in [5.41, 5.74) is 1.18. The van der Waals surface area contributed by atoms with Gasteiger partial charge in [-0.25, -0.2) is 4.39 Å². The first-order chi connectivity index (χ1) is 7.72. The molecule has 2 rings (SSSR count). The van der Waals surface area contributed by atoms with Gasteiger partial charge in [0.05, 0.1) is 4.47 Å². The Morgan fingerprint density at radius 3 is 2.62 bits per heavy atom. The maximum atomic E-state index is 13.2. The van der Waals surface area contributed by atoms with Crippen molar-refractivity contribution in [1.29, 1.82) is 0 Å². The summed E-state index contributed by atoms with van der Waals surface area (Å²) in [6, 6.07) is 5.69. The summed E-state index contributed by atoms with van der Waals surface area (Å²) >= 11 is 3.25. The molecule has 0 aliphatic heterocycles. The molecule has 0 bridgehead atoms. The molecule has 0 saturated heterocycles. The highest BCUT2D eigenvalue weighted by molar-refractivity contribution is 9.10. The van der Waals surface area contributed by atoms with Gasteiger partial charge < -0.3 is 5.32 Å². The van der Waals surface area contributed by atoms with Gasteiger partial charge in [0, 0.05) is 6.04 Å². The van der Waals surface area contributed by atoms with Crippen LogP contribution in [-0.2, 0) is 0 Å². The SMILES string of the molecule is CNC(c1ccc(F)c(Br)c1)C1CCCC1. The summed E-state index contributed by atoms with van der Waals surface area (Å²) < 4.78 is 13.7. The molecule has 1 aromatic carbocycles. The van der Waals surface area contributed by atoms with Crippen molar-refractivity contribution in [3.05, 3.63) is 34.1 Å². The molecule has 1 atom stereocenters. The summed E-state index contributed by atoms with van der Waals surface area (Å²) in [6.45, 7) is 0. The zero-order valence-electron chi connectivity index (χ0n) is 9.47. The van der Waals surface area contributed by atoms with E-state index in [4.69, 9.17) is 0 Å². The third-order valence-electron chi connectivity index (χ3n) is 3.49. The maximum absolute atomic E-state index is 13.2. The molecule has 0 radical (unpaired) electrons. The van der Waals surface area contributed by atoms with Gasteiger partial charge in [0.15, 0.2) is 0 Å². The number of hydrogen-bond donors (Lipinski definition) is 1. The summed E-state index contributed by atoms with van der Waals surface area (Å²) in [7, 11) is 1.99. The fourth-order valence-electron chi connectivity index (χ4n) is 2.67. The highest BCUT2D eigenvalue weighted by atomic mass is 79.9. The second-order valence-corrected chi connectivity index (χ2v) is 5.34. The van der Waals surface area contributed by atoms with Crippen LogP contribution in [0.25, 0.3) is 0 Å². The first kappa shape index (κ1) is 12.1. The predicted molar refractivity (Wildman–Crippen MR) is 67.9 cm³/mol. The zero-order valence-corrected chi connectivity index (χ0v) is 11.1. The van der Waals surface area contributed by atoms with Crippen molar-refractivity contribution in [1.82, 2.24) is 5.32 Å². The largest absolute Gasteiger partial charge is 0.313 e. The molecule has 1 N–H and O–H groups in total. The Labute approximate surface area is 105 Å². The number of rotatable bonds is 3. The van der Waals surface area contributed by atoms with Crippen LogP contribution in [-0.4, -0.2) is 7.05 Å². The molecule has 1 aliphatic rings. The zero-order chi connectivity index (χ0) is 11.5. The minimum atomic E-state index is -0.190. The maximum Gasteiger partial charge on any atom is 0.137 e. The van der Waals surface area contributed by atoms with E-state index in [9.17, 15) is 4.39 Å². The van der Waals surface area contributed by atoms with Gasteiger partial charge >= 0.3 is 0 Å². The van der Waals surface area contributed by atoms with Crippen molar-refractivity contribution in [2.45, 2.75) is 31.7 Å². The van der Waals surface area contributed by atoms with Crippen molar-refractivity contribution in [2.75, 3.05) is 7.05 Å². The summed E-state index contributed by atoms with van der Waals surface area (Å²) in [6.07, 6.45) is 5.21. The van der Waals surface area contributed by atoms with Crippen molar-refractivity contribution in [2.24, 2.45) is 5.92 Å². The molecular formula is C13H17BrFN. The normalized spacial score (nSPS) is 18.9. The number of benzene rings is 1. The van der Waals surface area contributed by atoms with E-state index < -0.39 is 0 Å². The lowest BCUT2D eigenvalue weighted by Gasteiger charge is -2.23. The third kappa shape index (κ3) is 2.46. The quantitative estimate of drug-likeness (QED) is 0.884. The van der Waals surface area contributed by atoms with E-state index in [2.05, 4.69) is 21.2 Å². The first-order valence-corrected chi connectivity index (χ1v) is 6.64. The van der Waals surface area contributed by atoms with Gasteiger partial charge in [0.1, 0.15) is 5.82 Å². The predicted octanol–water partition coefficient (Wildman–Crippen LogP) is 4.04. The fourth-order valence-corrected chi connectivity index (χ4v) is 3.07. The molecule has 1 saturated carbocycles. The average molecular weight is 286 g/mol. The van der Waals surface area contributed by atoms with Crippen LogP contribution in [0.15, 0.2) is 22.7 Å². The second kappa shape index (κ2) is 5.28. The van der Waals surface area contributed by atoms with Gasteiger partial charge in [-0.3, -0.25) is 0 Å². The number of halogens is 2. The van der Waals surface area contributed by atoms with Crippen molar-refractivity contribution >= 4 is 15.9 Å². The Hall–Kier alpha value is -0.410. The highest BCUT2D eigenvalue weighted by Gasteiger charge is 2.25. The van der Waals surface area contributed by atoms with Gasteiger partial charge in [-0.1, -0.05) is 18.9 Å². The van der Waals surface area contributed by atoms with E-state index in [1.165, 1.54) is 31.2 Å². The van der Waals surface area contributed by atoms with Crippen molar-refractivity contribution in [3.8, 4) is 0 Å². The Balaban J connectivity index is 2.22. The topological polar surface area (TPSA) is 12.0 Å². The highest BCUT2D eigenvalue weighted by Crippen LogP contribution is 2.36. The fraction of sp³-hybridized carbons (Fsp3) is 0.538. The van der Waals surface area contributed by atoms with Gasteiger partial charge in [0.2, 0.25) is 0 Å². The minimum Gasteiger partial charge on any atom is -0.313 e. The third-order valence-corrected chi connectivity index (χ3v) is 4.09. The molecule has 0 spiro atoms. The van der Waals surface area contributed by atoms with Crippen LogP contribution in [0.4, 0.5) is 4.39 Å². The van der Waals surface area contributed by atoms with Crippen LogP contribution in [0.2, 0.25) is 0 Å². The van der Waals surface area contributed by atoms with E-state index >= 15 is 0 Å². The summed E-state index contributed by atoms with van der Waals surface area (Å²) in [5, 5.41) is 3.36. The molecule has 1 unspecified atom stereocenters. The lowest BCUT2D eigenvalue weighted by Crippen LogP contribution is -2.23. The van der Waals surface area contributed by atoms with E-state index in [1.807, 2.05) is 19.2 Å². The molecule has 0 heterocycles. The van der Waals surface area contributed by atoms with Gasteiger partial charge in [-0.05, 0) is 59.4 Å². The molecular weight excluding hydrogens is 269 g/mol. The molecule has 0 amide bonds. The lowest BCUT2D eigenvalue weighted by molar-refractivity contribution is 0.390. The molecule has 0 aromatic heterocycles. The monoisotopic (exact) mass is 285 g/mol. The average Bonchev–Trinajstić information content (AvgIpc) is 2.78. The lowest BCUT2D eigenvalue weighted by atomic mass is 9.92. The van der Waals surface area contributed by atoms with E-state index in [-0.39, 0.29) is 5.82 Å². The Morgan fingerprint density at radius 1 is 1.38 bits per heavy atom. The number of hydrogen-bond acceptors (Lipinski definition) is 1. The molecule has 3 heteroatoms. The Bertz CT molecular complexity index is 361. The molecule has 88 valence electrons. The van der Waals surface area contributed by atoms with E-state index in [0.29, 0.717) is 16.4 Å². The minimum absolute atomic E-state index is 0.190. The van der Waals surface area contributed by atoms with Gasteiger partial charge in [0.25, 0.3) is 0 Å². The van der Waals surface area contributed by atoms with Crippen LogP contribution in [0.5, 0.6) is 0 Å². The van der Waals surface area contributed by atoms with Gasteiger partial charge in [-0.2, -0.15) is 0 Å². The summed E-state index contributed by atoms with van der Waals surface area (Å²) in [5.74, 6) is 0.507. The standard InChI is InChI=1S/C13H17BrFN/c1-16-13(9-4-2-3-5-9)10-6-7-12(15)11(14)8-10/h6-9,13,16H,2-5H2,1H3. The molecule has 1 aromatic rings. The van der Waals surface area contributed by atoms with Crippen LogP contribution >= 0.6 is 15.9 Å². The van der Waals surface area contributed by atoms with E-state index in [0.717, 1.165) is 0 Å². The Morgan fingerprint density at radius 2 is 2.06 bits per heavy atom. The van der Waals surface area contributed by atoms with Crippen molar-refractivity contribution in [3.63, 3.8) is 0 Å². The van der Waals surface area contributed by atoms with Crippen LogP contribution < -0.4 is 5.32 Å². The second-order valence-electron chi connectivity index (χ2n) is 4.48. The van der Waals surface area contributed by atoms with E-state index in [1.54, 1.807) is 6.07 Å². The van der Waals surface area contributed by atoms with Crippen molar-refractivity contribution < 1.29 is 4.39 Å².